The molecule has 0 bridgehead atoms. The highest BCUT2D eigenvalue weighted by molar-refractivity contribution is 7.49. The molecule has 1 aliphatic rings. The predicted octanol–water partition coefficient (Wildman–Crippen LogP) is 12.1. The van der Waals surface area contributed by atoms with E-state index in [1.165, 1.54) is 27.8 Å². The zero-order valence-electron chi connectivity index (χ0n) is 28.6. The fourth-order valence-corrected chi connectivity index (χ4v) is 7.68. The van der Waals surface area contributed by atoms with Crippen LogP contribution in [-0.4, -0.2) is 0 Å². The summed E-state index contributed by atoms with van der Waals surface area (Å²) in [7, 11) is -1.58. The third-order valence-electron chi connectivity index (χ3n) is 8.26. The first-order valence-electron chi connectivity index (χ1n) is 15.7. The molecular weight excluding hydrogens is 543 g/mol. The first-order chi connectivity index (χ1) is 19.9. The highest BCUT2D eigenvalue weighted by Gasteiger charge is 2.46. The summed E-state index contributed by atoms with van der Waals surface area (Å²) >= 11 is 0. The smallest absolute Gasteiger partial charge is 0.306 e. The van der Waals surface area contributed by atoms with E-state index in [-0.39, 0.29) is 21.7 Å². The number of rotatable bonds is 6. The van der Waals surface area contributed by atoms with Gasteiger partial charge in [0.2, 0.25) is 0 Å². The van der Waals surface area contributed by atoms with Crippen molar-refractivity contribution in [1.82, 2.24) is 0 Å². The van der Waals surface area contributed by atoms with E-state index in [1.807, 2.05) is 0 Å². The fourth-order valence-electron chi connectivity index (χ4n) is 5.77. The summed E-state index contributed by atoms with van der Waals surface area (Å²) in [6.45, 7) is 27.3. The summed E-state index contributed by atoms with van der Waals surface area (Å²) < 4.78 is 15.0. The van der Waals surface area contributed by atoms with E-state index >= 15 is 0 Å². The number of hydrogen-bond acceptors (Lipinski definition) is 2. The van der Waals surface area contributed by atoms with Crippen LogP contribution in [0.1, 0.15) is 117 Å². The van der Waals surface area contributed by atoms with Crippen molar-refractivity contribution in [2.45, 2.75) is 116 Å². The van der Waals surface area contributed by atoms with E-state index in [2.05, 4.69) is 174 Å². The predicted molar refractivity (Wildman–Crippen MR) is 187 cm³/mol. The Morgan fingerprint density at radius 1 is 0.512 bits per heavy atom. The van der Waals surface area contributed by atoms with Gasteiger partial charge in [-0.25, -0.2) is 0 Å². The van der Waals surface area contributed by atoms with Crippen LogP contribution in [0.4, 0.5) is 0 Å². The Hall–Kier alpha value is -2.83. The second kappa shape index (κ2) is 11.9. The first kappa shape index (κ1) is 33.1. The van der Waals surface area contributed by atoms with Crippen LogP contribution in [-0.2, 0) is 26.8 Å². The summed E-state index contributed by atoms with van der Waals surface area (Å²) in [5, 5.41) is -0.481. The zero-order valence-corrected chi connectivity index (χ0v) is 29.5. The molecule has 0 saturated heterocycles. The topological polar surface area (TPSA) is 18.5 Å². The molecule has 2 nitrogen and oxygen atoms in total. The minimum absolute atomic E-state index is 0.111. The van der Waals surface area contributed by atoms with Gasteiger partial charge in [-0.1, -0.05) is 174 Å². The quantitative estimate of drug-likeness (QED) is 0.264. The van der Waals surface area contributed by atoms with Gasteiger partial charge in [-0.05, 0) is 33.6 Å². The highest BCUT2D eigenvalue weighted by atomic mass is 31.2. The van der Waals surface area contributed by atoms with Gasteiger partial charge in [0.1, 0.15) is 16.7 Å². The number of benzene rings is 3. The molecule has 0 N–H and O–H groups in total. The lowest BCUT2D eigenvalue weighted by Crippen LogP contribution is -2.29. The Morgan fingerprint density at radius 2 is 0.907 bits per heavy atom. The van der Waals surface area contributed by atoms with E-state index in [0.29, 0.717) is 0 Å². The molecule has 0 spiro atoms. The van der Waals surface area contributed by atoms with E-state index in [1.54, 1.807) is 0 Å². The maximum absolute atomic E-state index is 7.52. The molecule has 3 heteroatoms. The summed E-state index contributed by atoms with van der Waals surface area (Å²) in [5.41, 5.74) is 5.57. The van der Waals surface area contributed by atoms with Crippen molar-refractivity contribution in [2.75, 3.05) is 0 Å². The molecule has 1 unspecified atom stereocenters. The van der Waals surface area contributed by atoms with Crippen molar-refractivity contribution in [2.24, 2.45) is 0 Å². The van der Waals surface area contributed by atoms with Crippen molar-refractivity contribution in [3.05, 3.63) is 119 Å². The molecule has 1 atom stereocenters. The zero-order chi connectivity index (χ0) is 31.8. The summed E-state index contributed by atoms with van der Waals surface area (Å²) in [6, 6.07) is 24.1. The summed E-state index contributed by atoms with van der Waals surface area (Å²) in [6.07, 6.45) is 9.68. The van der Waals surface area contributed by atoms with Crippen molar-refractivity contribution < 1.29 is 9.05 Å². The van der Waals surface area contributed by atoms with Crippen LogP contribution in [0.5, 0.6) is 11.5 Å². The number of hydrogen-bond donors (Lipinski definition) is 0. The van der Waals surface area contributed by atoms with Crippen molar-refractivity contribution in [3.63, 3.8) is 0 Å². The second-order valence-corrected chi connectivity index (χ2v) is 17.8. The lowest BCUT2D eigenvalue weighted by molar-refractivity contribution is 0.414. The lowest BCUT2D eigenvalue weighted by Gasteiger charge is -2.41. The van der Waals surface area contributed by atoms with Crippen molar-refractivity contribution in [3.8, 4) is 11.5 Å². The standard InChI is InChI=1S/C40H53O2P/c1-36(2,3)30-23-19-24-31(37(4,5)6)34(30)41-43(40(27-17-14-18-28-40)29-21-15-13-16-22-29)42-35-32(38(7,8)9)25-20-26-33(35)39(10,11)12/h13-27H,28H2,1-12H3. The van der Waals surface area contributed by atoms with Crippen LogP contribution in [0.3, 0.4) is 0 Å². The van der Waals surface area contributed by atoms with Gasteiger partial charge in [-0.3, -0.25) is 0 Å². The molecule has 0 amide bonds. The summed E-state index contributed by atoms with van der Waals surface area (Å²) in [4.78, 5) is 0. The molecule has 0 aliphatic heterocycles. The van der Waals surface area contributed by atoms with Crippen LogP contribution in [0.15, 0.2) is 91.0 Å². The molecule has 3 aromatic carbocycles. The van der Waals surface area contributed by atoms with Gasteiger partial charge in [0.05, 0.1) is 0 Å². The van der Waals surface area contributed by atoms with E-state index < -0.39 is 13.5 Å². The maximum Gasteiger partial charge on any atom is 0.306 e. The Morgan fingerprint density at radius 3 is 1.23 bits per heavy atom. The van der Waals surface area contributed by atoms with Crippen molar-refractivity contribution in [1.29, 1.82) is 0 Å². The Labute approximate surface area is 263 Å². The average molecular weight is 597 g/mol. The van der Waals surface area contributed by atoms with Gasteiger partial charge in [0, 0.05) is 22.3 Å². The van der Waals surface area contributed by atoms with Crippen LogP contribution in [0.25, 0.3) is 0 Å². The molecular formula is C40H53O2P. The normalized spacial score (nSPS) is 17.8. The third kappa shape index (κ3) is 7.12. The molecule has 4 rings (SSSR count). The van der Waals surface area contributed by atoms with E-state index in [4.69, 9.17) is 9.05 Å². The van der Waals surface area contributed by atoms with Crippen LogP contribution in [0.2, 0.25) is 0 Å². The SMILES string of the molecule is CC(C)(C)c1cccc(C(C)(C)C)c1OP(Oc1c(C(C)(C)C)cccc1C(C)(C)C)C1(c2ccccc2)C=CC=CC1. The molecule has 43 heavy (non-hydrogen) atoms. The molecule has 0 fully saturated rings. The Balaban J connectivity index is 2.06. The van der Waals surface area contributed by atoms with Gasteiger partial charge in [-0.2, -0.15) is 0 Å². The van der Waals surface area contributed by atoms with Crippen LogP contribution < -0.4 is 9.05 Å². The molecule has 0 heterocycles. The van der Waals surface area contributed by atoms with Gasteiger partial charge in [0.15, 0.2) is 0 Å². The maximum atomic E-state index is 7.52. The monoisotopic (exact) mass is 596 g/mol. The minimum Gasteiger partial charge on any atom is -0.437 e. The average Bonchev–Trinajstić information content (AvgIpc) is 2.91. The number of para-hydroxylation sites is 2. The number of allylic oxidation sites excluding steroid dienone is 4. The fraction of sp³-hybridized carbons (Fsp3) is 0.450. The largest absolute Gasteiger partial charge is 0.437 e. The second-order valence-electron chi connectivity index (χ2n) is 16.1. The summed E-state index contributed by atoms with van der Waals surface area (Å²) in [5.74, 6) is 1.91. The van der Waals surface area contributed by atoms with E-state index in [0.717, 1.165) is 17.9 Å². The lowest BCUT2D eigenvalue weighted by atomic mass is 9.79. The van der Waals surface area contributed by atoms with Crippen LogP contribution in [0, 0.1) is 0 Å². The van der Waals surface area contributed by atoms with Gasteiger partial charge in [0.25, 0.3) is 0 Å². The molecule has 0 aromatic heterocycles. The highest BCUT2D eigenvalue weighted by Crippen LogP contribution is 2.63. The van der Waals surface area contributed by atoms with Crippen LogP contribution >= 0.6 is 8.38 Å². The van der Waals surface area contributed by atoms with Gasteiger partial charge >= 0.3 is 8.38 Å². The molecule has 1 aliphatic carbocycles. The van der Waals surface area contributed by atoms with Gasteiger partial charge in [-0.15, -0.1) is 0 Å². The molecule has 0 radical (unpaired) electrons. The first-order valence-corrected chi connectivity index (χ1v) is 16.9. The third-order valence-corrected chi connectivity index (χ3v) is 10.2. The Kier molecular flexibility index (Phi) is 9.17. The van der Waals surface area contributed by atoms with Crippen molar-refractivity contribution >= 4 is 8.38 Å². The van der Waals surface area contributed by atoms with Gasteiger partial charge < -0.3 is 9.05 Å². The minimum atomic E-state index is -1.58. The molecule has 230 valence electrons. The molecule has 3 aromatic rings. The molecule has 0 saturated carbocycles. The van der Waals surface area contributed by atoms with E-state index in [9.17, 15) is 0 Å². The Bertz CT molecular complexity index is 1330.